The zero-order valence-electron chi connectivity index (χ0n) is 13.0. The van der Waals surface area contributed by atoms with Crippen LogP contribution >= 0.6 is 0 Å². The topological polar surface area (TPSA) is 94.1 Å². The smallest absolute Gasteiger partial charge is 0.413 e. The van der Waals surface area contributed by atoms with Gasteiger partial charge in [-0.3, -0.25) is 0 Å². The molecule has 0 aromatic heterocycles. The van der Waals surface area contributed by atoms with E-state index in [0.717, 1.165) is 0 Å². The Morgan fingerprint density at radius 3 is 2.65 bits per heavy atom. The van der Waals surface area contributed by atoms with Crippen LogP contribution in [0.1, 0.15) is 26.2 Å². The normalized spacial score (nSPS) is 11.0. The third-order valence-electron chi connectivity index (χ3n) is 2.89. The van der Waals surface area contributed by atoms with Gasteiger partial charge in [-0.2, -0.15) is 0 Å². The lowest BCUT2D eigenvalue weighted by atomic mass is 10.1. The monoisotopic (exact) mass is 320 g/mol. The van der Waals surface area contributed by atoms with E-state index in [2.05, 4.69) is 10.3 Å². The van der Waals surface area contributed by atoms with Crippen molar-refractivity contribution in [3.05, 3.63) is 30.3 Å². The number of nitrogens with zero attached hydrogens (tertiary/aromatic N) is 1. The lowest BCUT2D eigenvalue weighted by molar-refractivity contribution is -0.145. The molecule has 1 atom stereocenters. The second-order valence-electron chi connectivity index (χ2n) is 4.62. The van der Waals surface area contributed by atoms with Crippen molar-refractivity contribution in [1.82, 2.24) is 5.32 Å². The van der Waals surface area contributed by atoms with Crippen LogP contribution in [0.25, 0.3) is 0 Å². The Morgan fingerprint density at radius 2 is 2.00 bits per heavy atom. The molecule has 0 bridgehead atoms. The highest BCUT2D eigenvalue weighted by Crippen LogP contribution is 2.09. The van der Waals surface area contributed by atoms with Gasteiger partial charge in [-0.05, 0) is 38.3 Å². The predicted molar refractivity (Wildman–Crippen MR) is 82.9 cm³/mol. The van der Waals surface area contributed by atoms with Gasteiger partial charge in [-0.25, -0.2) is 19.4 Å². The van der Waals surface area contributed by atoms with E-state index in [1.807, 2.05) is 0 Å². The van der Waals surface area contributed by atoms with Gasteiger partial charge in [0.2, 0.25) is 6.08 Å². The van der Waals surface area contributed by atoms with E-state index in [1.54, 1.807) is 37.3 Å². The Hall–Kier alpha value is -2.66. The van der Waals surface area contributed by atoms with Crippen LogP contribution in [0, 0.1) is 0 Å². The number of unbranched alkanes of at least 4 members (excludes halogenated alkanes) is 1. The lowest BCUT2D eigenvalue weighted by Crippen LogP contribution is -2.43. The SMILES string of the molecule is CCOC(=O)C(CCCCN=C=O)NC(=O)Oc1ccccc1. The highest BCUT2D eigenvalue weighted by molar-refractivity contribution is 5.82. The van der Waals surface area contributed by atoms with E-state index in [-0.39, 0.29) is 6.61 Å². The molecule has 23 heavy (non-hydrogen) atoms. The lowest BCUT2D eigenvalue weighted by Gasteiger charge is -2.16. The molecule has 0 spiro atoms. The molecule has 0 radical (unpaired) electrons. The third kappa shape index (κ3) is 7.78. The number of hydrogen-bond donors (Lipinski definition) is 1. The van der Waals surface area contributed by atoms with Crippen molar-refractivity contribution in [2.75, 3.05) is 13.2 Å². The van der Waals surface area contributed by atoms with E-state index < -0.39 is 18.1 Å². The van der Waals surface area contributed by atoms with Crippen molar-refractivity contribution in [3.63, 3.8) is 0 Å². The molecular weight excluding hydrogens is 300 g/mol. The Morgan fingerprint density at radius 1 is 1.26 bits per heavy atom. The molecule has 124 valence electrons. The number of ether oxygens (including phenoxy) is 2. The largest absolute Gasteiger partial charge is 0.464 e. The number of hydrogen-bond acceptors (Lipinski definition) is 6. The molecule has 0 heterocycles. The highest BCUT2D eigenvalue weighted by Gasteiger charge is 2.22. The van der Waals surface area contributed by atoms with Crippen LogP contribution in [0.2, 0.25) is 0 Å². The van der Waals surface area contributed by atoms with Crippen molar-refractivity contribution >= 4 is 18.1 Å². The third-order valence-corrected chi connectivity index (χ3v) is 2.89. The van der Waals surface area contributed by atoms with E-state index >= 15 is 0 Å². The van der Waals surface area contributed by atoms with Gasteiger partial charge in [0.15, 0.2) is 0 Å². The fraction of sp³-hybridized carbons (Fsp3) is 0.438. The average molecular weight is 320 g/mol. The first-order valence-electron chi connectivity index (χ1n) is 7.41. The zero-order chi connectivity index (χ0) is 16.9. The molecule has 1 N–H and O–H groups in total. The van der Waals surface area contributed by atoms with E-state index in [9.17, 15) is 14.4 Å². The number of amides is 1. The number of benzene rings is 1. The number of rotatable bonds is 9. The number of isocyanates is 1. The van der Waals surface area contributed by atoms with Gasteiger partial charge in [0.25, 0.3) is 0 Å². The first-order valence-corrected chi connectivity index (χ1v) is 7.41. The van der Waals surface area contributed by atoms with Gasteiger partial charge in [0.05, 0.1) is 13.2 Å². The van der Waals surface area contributed by atoms with Gasteiger partial charge in [0.1, 0.15) is 11.8 Å². The number of carbonyl (C=O) groups is 2. The molecule has 0 aliphatic rings. The first-order chi connectivity index (χ1) is 11.2. The van der Waals surface area contributed by atoms with Gasteiger partial charge in [-0.1, -0.05) is 18.2 Å². The Kier molecular flexibility index (Phi) is 8.78. The summed E-state index contributed by atoms with van der Waals surface area (Å²) in [5, 5.41) is 2.50. The average Bonchev–Trinajstić information content (AvgIpc) is 2.54. The fourth-order valence-electron chi connectivity index (χ4n) is 1.84. The van der Waals surface area contributed by atoms with Crippen LogP contribution in [0.4, 0.5) is 4.79 Å². The molecule has 1 rings (SSSR count). The quantitative estimate of drug-likeness (QED) is 0.326. The molecule has 7 heteroatoms. The molecule has 0 aliphatic heterocycles. The first kappa shape index (κ1) is 18.4. The van der Waals surface area contributed by atoms with Crippen molar-refractivity contribution in [3.8, 4) is 5.75 Å². The summed E-state index contributed by atoms with van der Waals surface area (Å²) in [5.74, 6) is -0.135. The van der Waals surface area contributed by atoms with Gasteiger partial charge in [0, 0.05) is 0 Å². The molecule has 1 unspecified atom stereocenters. The van der Waals surface area contributed by atoms with Gasteiger partial charge >= 0.3 is 12.1 Å². The van der Waals surface area contributed by atoms with E-state index in [1.165, 1.54) is 6.08 Å². The summed E-state index contributed by atoms with van der Waals surface area (Å²) in [6, 6.07) is 7.74. The van der Waals surface area contributed by atoms with Gasteiger partial charge < -0.3 is 14.8 Å². The minimum Gasteiger partial charge on any atom is -0.464 e. The summed E-state index contributed by atoms with van der Waals surface area (Å²) in [6.07, 6.45) is 2.31. The Labute approximate surface area is 134 Å². The second-order valence-corrected chi connectivity index (χ2v) is 4.62. The fourth-order valence-corrected chi connectivity index (χ4v) is 1.84. The highest BCUT2D eigenvalue weighted by atomic mass is 16.6. The second kappa shape index (κ2) is 11.0. The number of para-hydroxylation sites is 1. The minimum absolute atomic E-state index is 0.222. The van der Waals surface area contributed by atoms with Crippen LogP contribution in [0.15, 0.2) is 35.3 Å². The molecule has 1 amide bonds. The molecule has 0 aliphatic carbocycles. The molecule has 0 saturated heterocycles. The zero-order valence-corrected chi connectivity index (χ0v) is 13.0. The van der Waals surface area contributed by atoms with Crippen molar-refractivity contribution in [1.29, 1.82) is 0 Å². The summed E-state index contributed by atoms with van der Waals surface area (Å²) < 4.78 is 10.0. The maximum atomic E-state index is 11.9. The van der Waals surface area contributed by atoms with E-state index in [4.69, 9.17) is 9.47 Å². The molecule has 0 saturated carbocycles. The maximum absolute atomic E-state index is 11.9. The molecular formula is C16H20N2O5. The summed E-state index contributed by atoms with van der Waals surface area (Å²) >= 11 is 0. The number of esters is 1. The number of aliphatic imine (C=N–C) groups is 1. The molecule has 0 fully saturated rings. The Balaban J connectivity index is 2.51. The van der Waals surface area contributed by atoms with Crippen LogP contribution in [0.5, 0.6) is 5.75 Å². The molecule has 1 aromatic carbocycles. The summed E-state index contributed by atoms with van der Waals surface area (Å²) in [7, 11) is 0. The predicted octanol–water partition coefficient (Wildman–Crippen LogP) is 2.21. The summed E-state index contributed by atoms with van der Waals surface area (Å²) in [4.78, 5) is 37.1. The molecule has 1 aromatic rings. The van der Waals surface area contributed by atoms with Crippen LogP contribution in [-0.2, 0) is 14.3 Å². The van der Waals surface area contributed by atoms with Crippen molar-refractivity contribution in [2.45, 2.75) is 32.2 Å². The molecule has 7 nitrogen and oxygen atoms in total. The summed E-state index contributed by atoms with van der Waals surface area (Å²) in [6.45, 7) is 2.25. The van der Waals surface area contributed by atoms with E-state index in [0.29, 0.717) is 31.6 Å². The van der Waals surface area contributed by atoms with Gasteiger partial charge in [-0.15, -0.1) is 0 Å². The van der Waals surface area contributed by atoms with Crippen molar-refractivity contribution in [2.24, 2.45) is 4.99 Å². The van der Waals surface area contributed by atoms with Crippen LogP contribution < -0.4 is 10.1 Å². The summed E-state index contributed by atoms with van der Waals surface area (Å²) in [5.41, 5.74) is 0. The van der Waals surface area contributed by atoms with Crippen LogP contribution in [0.3, 0.4) is 0 Å². The standard InChI is InChI=1S/C16H20N2O5/c1-2-22-15(20)14(10-6-7-11-17-12-19)18-16(21)23-13-8-4-3-5-9-13/h3-5,8-9,14H,2,6-7,10-11H2,1H3,(H,18,21). The maximum Gasteiger partial charge on any atom is 0.413 e. The number of nitrogens with one attached hydrogen (secondary N) is 1. The van der Waals surface area contributed by atoms with Crippen LogP contribution in [-0.4, -0.2) is 37.3 Å². The number of carbonyl (C=O) groups excluding carboxylic acids is 3. The minimum atomic E-state index is -0.800. The van der Waals surface area contributed by atoms with Crippen molar-refractivity contribution < 1.29 is 23.9 Å². The Bertz CT molecular complexity index is 541.